The first-order valence-electron chi connectivity index (χ1n) is 4.69. The third kappa shape index (κ3) is 2.31. The van der Waals surface area contributed by atoms with Crippen molar-refractivity contribution in [3.05, 3.63) is 28.8 Å². The topological polar surface area (TPSA) is 0 Å². The zero-order valence-electron chi connectivity index (χ0n) is 9.23. The van der Waals surface area contributed by atoms with Crippen molar-refractivity contribution >= 4 is 14.5 Å². The fourth-order valence-corrected chi connectivity index (χ4v) is 1.73. The predicted octanol–water partition coefficient (Wildman–Crippen LogP) is 3.10. The highest BCUT2D eigenvalue weighted by Crippen LogP contribution is 2.23. The largest absolute Gasteiger partial charge is 0.105 e. The van der Waals surface area contributed by atoms with E-state index in [9.17, 15) is 0 Å². The molecule has 13 heavy (non-hydrogen) atoms. The van der Waals surface area contributed by atoms with Crippen LogP contribution in [0.1, 0.15) is 37.5 Å². The summed E-state index contributed by atoms with van der Waals surface area (Å²) in [7, 11) is 2.81. The number of aryl methyl sites for hydroxylation is 1. The second kappa shape index (κ2) is 3.42. The molecular formula is C12H19P. The molecule has 0 saturated heterocycles. The molecule has 0 saturated carbocycles. The summed E-state index contributed by atoms with van der Waals surface area (Å²) in [6.45, 7) is 11.1. The maximum atomic E-state index is 2.81. The highest BCUT2D eigenvalue weighted by atomic mass is 31.0. The molecule has 1 aromatic carbocycles. The van der Waals surface area contributed by atoms with Crippen molar-refractivity contribution in [2.75, 3.05) is 0 Å². The monoisotopic (exact) mass is 194 g/mol. The van der Waals surface area contributed by atoms with Crippen LogP contribution in [0.4, 0.5) is 0 Å². The molecule has 1 heteroatoms. The van der Waals surface area contributed by atoms with Crippen molar-refractivity contribution in [1.82, 2.24) is 0 Å². The van der Waals surface area contributed by atoms with Gasteiger partial charge in [0.15, 0.2) is 0 Å². The maximum absolute atomic E-state index is 2.81. The van der Waals surface area contributed by atoms with Crippen molar-refractivity contribution in [3.8, 4) is 0 Å². The van der Waals surface area contributed by atoms with Crippen molar-refractivity contribution in [1.29, 1.82) is 0 Å². The van der Waals surface area contributed by atoms with Crippen LogP contribution in [-0.2, 0) is 5.41 Å². The van der Waals surface area contributed by atoms with Gasteiger partial charge >= 0.3 is 0 Å². The minimum absolute atomic E-state index is 0.254. The lowest BCUT2D eigenvalue weighted by molar-refractivity contribution is 0.590. The molecule has 1 aromatic rings. The molecule has 0 nitrogen and oxygen atoms in total. The standard InChI is InChI=1S/C12H19P/c1-8-6-10(12(3,4)5)7-11(13)9(8)2/h6-7H,13H2,1-5H3. The molecule has 0 aliphatic heterocycles. The van der Waals surface area contributed by atoms with Crippen molar-refractivity contribution in [2.24, 2.45) is 0 Å². The lowest BCUT2D eigenvalue weighted by Gasteiger charge is -2.21. The number of rotatable bonds is 0. The quantitative estimate of drug-likeness (QED) is 0.557. The summed E-state index contributed by atoms with van der Waals surface area (Å²) in [5.74, 6) is 0. The summed E-state index contributed by atoms with van der Waals surface area (Å²) in [4.78, 5) is 0. The van der Waals surface area contributed by atoms with Crippen molar-refractivity contribution < 1.29 is 0 Å². The van der Waals surface area contributed by atoms with Gasteiger partial charge in [-0.3, -0.25) is 0 Å². The van der Waals surface area contributed by atoms with Crippen LogP contribution in [0.3, 0.4) is 0 Å². The second-order valence-electron chi connectivity index (χ2n) is 4.76. The molecule has 0 aromatic heterocycles. The van der Waals surface area contributed by atoms with Gasteiger partial charge in [0, 0.05) is 0 Å². The Kier molecular flexibility index (Phi) is 2.82. The van der Waals surface area contributed by atoms with E-state index in [1.165, 1.54) is 22.0 Å². The molecule has 0 bridgehead atoms. The van der Waals surface area contributed by atoms with Crippen LogP contribution in [-0.4, -0.2) is 0 Å². The molecule has 0 aliphatic carbocycles. The highest BCUT2D eigenvalue weighted by Gasteiger charge is 2.14. The van der Waals surface area contributed by atoms with E-state index < -0.39 is 0 Å². The molecule has 1 rings (SSSR count). The van der Waals surface area contributed by atoms with Gasteiger partial charge < -0.3 is 0 Å². The zero-order chi connectivity index (χ0) is 10.2. The summed E-state index contributed by atoms with van der Waals surface area (Å²) in [6, 6.07) is 4.57. The summed E-state index contributed by atoms with van der Waals surface area (Å²) in [5.41, 5.74) is 4.44. The molecule has 0 aliphatic rings. The van der Waals surface area contributed by atoms with Gasteiger partial charge in [-0.1, -0.05) is 32.9 Å². The van der Waals surface area contributed by atoms with Crippen molar-refractivity contribution in [2.45, 2.75) is 40.0 Å². The van der Waals surface area contributed by atoms with E-state index in [1.807, 2.05) is 0 Å². The first-order valence-corrected chi connectivity index (χ1v) is 5.27. The number of hydrogen-bond acceptors (Lipinski definition) is 0. The van der Waals surface area contributed by atoms with Gasteiger partial charge in [0.2, 0.25) is 0 Å². The molecule has 1 atom stereocenters. The van der Waals surface area contributed by atoms with E-state index in [0.29, 0.717) is 0 Å². The van der Waals surface area contributed by atoms with E-state index in [-0.39, 0.29) is 5.41 Å². The summed E-state index contributed by atoms with van der Waals surface area (Å²) in [5, 5.41) is 1.32. The van der Waals surface area contributed by atoms with Gasteiger partial charge in [-0.15, -0.1) is 9.24 Å². The maximum Gasteiger partial charge on any atom is -0.0132 e. The molecule has 72 valence electrons. The Hall–Kier alpha value is -0.350. The van der Waals surface area contributed by atoms with Crippen molar-refractivity contribution in [3.63, 3.8) is 0 Å². The number of benzene rings is 1. The average Bonchev–Trinajstić information content (AvgIpc) is 1.97. The Labute approximate surface area is 84.0 Å². The van der Waals surface area contributed by atoms with Crippen LogP contribution in [0.25, 0.3) is 0 Å². The Morgan fingerprint density at radius 2 is 1.62 bits per heavy atom. The molecule has 0 fully saturated rings. The molecule has 0 heterocycles. The van der Waals surface area contributed by atoms with Gasteiger partial charge in [0.25, 0.3) is 0 Å². The van der Waals surface area contributed by atoms with E-state index in [0.717, 1.165) is 0 Å². The fourth-order valence-electron chi connectivity index (χ4n) is 1.32. The minimum atomic E-state index is 0.254. The lowest BCUT2D eigenvalue weighted by atomic mass is 9.85. The molecule has 0 amide bonds. The highest BCUT2D eigenvalue weighted by molar-refractivity contribution is 7.27. The van der Waals surface area contributed by atoms with Crippen LogP contribution >= 0.6 is 9.24 Å². The Morgan fingerprint density at radius 1 is 1.08 bits per heavy atom. The third-order valence-electron chi connectivity index (χ3n) is 2.57. The average molecular weight is 194 g/mol. The Bertz CT molecular complexity index is 295. The van der Waals surface area contributed by atoms with Crippen LogP contribution in [0.15, 0.2) is 12.1 Å². The molecular weight excluding hydrogens is 175 g/mol. The van der Waals surface area contributed by atoms with Gasteiger partial charge in [0.05, 0.1) is 0 Å². The molecule has 0 radical (unpaired) electrons. The Balaban J connectivity index is 3.29. The summed E-state index contributed by atoms with van der Waals surface area (Å²) < 4.78 is 0. The first kappa shape index (κ1) is 10.7. The normalized spacial score (nSPS) is 11.8. The van der Waals surface area contributed by atoms with E-state index >= 15 is 0 Å². The van der Waals surface area contributed by atoms with Gasteiger partial charge in [0.1, 0.15) is 0 Å². The van der Waals surface area contributed by atoms with Crippen LogP contribution in [0, 0.1) is 13.8 Å². The third-order valence-corrected chi connectivity index (χ3v) is 3.17. The van der Waals surface area contributed by atoms with E-state index in [4.69, 9.17) is 0 Å². The van der Waals surface area contributed by atoms with E-state index in [2.05, 4.69) is 56.0 Å². The van der Waals surface area contributed by atoms with Crippen LogP contribution in [0.5, 0.6) is 0 Å². The Morgan fingerprint density at radius 3 is 2.00 bits per heavy atom. The first-order chi connectivity index (χ1) is 5.82. The second-order valence-corrected chi connectivity index (χ2v) is 5.38. The summed E-state index contributed by atoms with van der Waals surface area (Å²) >= 11 is 0. The minimum Gasteiger partial charge on any atom is -0.105 e. The smallest absolute Gasteiger partial charge is 0.0132 e. The predicted molar refractivity (Wildman–Crippen MR) is 64.0 cm³/mol. The van der Waals surface area contributed by atoms with Gasteiger partial charge in [-0.25, -0.2) is 0 Å². The van der Waals surface area contributed by atoms with Gasteiger partial charge in [-0.05, 0) is 41.3 Å². The summed E-state index contributed by atoms with van der Waals surface area (Å²) in [6.07, 6.45) is 0. The van der Waals surface area contributed by atoms with Gasteiger partial charge in [-0.2, -0.15) is 0 Å². The molecule has 0 spiro atoms. The molecule has 1 unspecified atom stereocenters. The van der Waals surface area contributed by atoms with E-state index in [1.54, 1.807) is 0 Å². The van der Waals surface area contributed by atoms with Crippen LogP contribution in [0.2, 0.25) is 0 Å². The lowest BCUT2D eigenvalue weighted by Crippen LogP contribution is -2.15. The van der Waals surface area contributed by atoms with Crippen LogP contribution < -0.4 is 5.30 Å². The zero-order valence-corrected chi connectivity index (χ0v) is 10.4. The fraction of sp³-hybridized carbons (Fsp3) is 0.500. The number of hydrogen-bond donors (Lipinski definition) is 0. The SMILES string of the molecule is Cc1cc(C(C)(C)C)cc(P)c1C. The molecule has 0 N–H and O–H groups in total.